The molecule has 138 valence electrons. The number of carbonyl (C=O) groups is 1. The van der Waals surface area contributed by atoms with E-state index in [1.165, 1.54) is 71.3 Å². The summed E-state index contributed by atoms with van der Waals surface area (Å²) in [5, 5.41) is 17.5. The Bertz CT molecular complexity index is 254. The summed E-state index contributed by atoms with van der Waals surface area (Å²) in [6.45, 7) is 0. The van der Waals surface area contributed by atoms with Gasteiger partial charge in [-0.3, -0.25) is 4.79 Å². The lowest BCUT2D eigenvalue weighted by Gasteiger charge is -2.04. The van der Waals surface area contributed by atoms with Crippen molar-refractivity contribution in [2.75, 3.05) is 7.11 Å². The van der Waals surface area contributed by atoms with Crippen LogP contribution in [0.1, 0.15) is 103 Å². The Morgan fingerprint density at radius 2 is 1.04 bits per heavy atom. The van der Waals surface area contributed by atoms with E-state index in [1.54, 1.807) is 0 Å². The molecule has 0 saturated carbocycles. The third-order valence-electron chi connectivity index (χ3n) is 4.32. The molecule has 0 bridgehead atoms. The minimum atomic E-state index is -1.12. The molecule has 0 fully saturated rings. The number of hydrogen-bond donors (Lipinski definition) is 2. The van der Waals surface area contributed by atoms with Crippen molar-refractivity contribution in [2.45, 2.75) is 109 Å². The number of unbranched alkanes of at least 4 members (excludes halogenated alkanes) is 13. The molecule has 0 aromatic carbocycles. The second-order valence-electron chi connectivity index (χ2n) is 6.55. The average molecular weight is 331 g/mol. The highest BCUT2D eigenvalue weighted by Gasteiger charge is 1.99. The zero-order valence-electron chi connectivity index (χ0n) is 15.1. The highest BCUT2D eigenvalue weighted by molar-refractivity contribution is 5.68. The van der Waals surface area contributed by atoms with Crippen molar-refractivity contribution in [2.24, 2.45) is 0 Å². The largest absolute Gasteiger partial charge is 0.469 e. The summed E-state index contributed by atoms with van der Waals surface area (Å²) in [6, 6.07) is 0. The molecule has 23 heavy (non-hydrogen) atoms. The van der Waals surface area contributed by atoms with E-state index in [-0.39, 0.29) is 5.97 Å². The standard InChI is InChI=1S/C19H38O4/c1-23-19(22)17-15-13-11-9-7-5-3-2-4-6-8-10-12-14-16-18(20)21/h18,20-21H,2-17H2,1H3. The molecule has 0 aromatic heterocycles. The summed E-state index contributed by atoms with van der Waals surface area (Å²) in [5.74, 6) is -0.0870. The predicted molar refractivity (Wildman–Crippen MR) is 94.1 cm³/mol. The maximum absolute atomic E-state index is 10.9. The van der Waals surface area contributed by atoms with E-state index in [2.05, 4.69) is 4.74 Å². The predicted octanol–water partition coefficient (Wildman–Crippen LogP) is 4.71. The molecule has 0 saturated heterocycles. The van der Waals surface area contributed by atoms with Gasteiger partial charge in [0.1, 0.15) is 0 Å². The summed E-state index contributed by atoms with van der Waals surface area (Å²) >= 11 is 0. The molecule has 0 aliphatic rings. The van der Waals surface area contributed by atoms with Crippen molar-refractivity contribution in [1.82, 2.24) is 0 Å². The molecule has 0 unspecified atom stereocenters. The van der Waals surface area contributed by atoms with Gasteiger partial charge in [-0.15, -0.1) is 0 Å². The maximum atomic E-state index is 10.9. The van der Waals surface area contributed by atoms with Crippen molar-refractivity contribution < 1.29 is 19.7 Å². The van der Waals surface area contributed by atoms with Crippen LogP contribution >= 0.6 is 0 Å². The smallest absolute Gasteiger partial charge is 0.305 e. The molecule has 4 nitrogen and oxygen atoms in total. The minimum Gasteiger partial charge on any atom is -0.469 e. The summed E-state index contributed by atoms with van der Waals surface area (Å²) in [6.07, 6.45) is 17.1. The number of ether oxygens (including phenoxy) is 1. The van der Waals surface area contributed by atoms with Gasteiger partial charge >= 0.3 is 5.97 Å². The fourth-order valence-electron chi connectivity index (χ4n) is 2.82. The molecule has 0 amide bonds. The molecule has 0 spiro atoms. The van der Waals surface area contributed by atoms with Crippen LogP contribution in [0.25, 0.3) is 0 Å². The third kappa shape index (κ3) is 19.3. The van der Waals surface area contributed by atoms with Crippen molar-refractivity contribution in [1.29, 1.82) is 0 Å². The van der Waals surface area contributed by atoms with Crippen molar-refractivity contribution in [3.05, 3.63) is 0 Å². The van der Waals surface area contributed by atoms with E-state index in [4.69, 9.17) is 10.2 Å². The van der Waals surface area contributed by atoms with E-state index in [9.17, 15) is 4.79 Å². The zero-order valence-corrected chi connectivity index (χ0v) is 15.1. The molecule has 0 heterocycles. The Hall–Kier alpha value is -0.610. The topological polar surface area (TPSA) is 66.8 Å². The van der Waals surface area contributed by atoms with Crippen LogP contribution in [0.5, 0.6) is 0 Å². The van der Waals surface area contributed by atoms with Crippen LogP contribution in [0.15, 0.2) is 0 Å². The van der Waals surface area contributed by atoms with Crippen LogP contribution in [0.4, 0.5) is 0 Å². The van der Waals surface area contributed by atoms with E-state index < -0.39 is 6.29 Å². The Balaban J connectivity index is 3.01. The Labute approximate surface area is 142 Å². The Morgan fingerprint density at radius 3 is 1.39 bits per heavy atom. The zero-order chi connectivity index (χ0) is 17.2. The maximum Gasteiger partial charge on any atom is 0.305 e. The fourth-order valence-corrected chi connectivity index (χ4v) is 2.82. The molecule has 0 radical (unpaired) electrons. The van der Waals surface area contributed by atoms with Gasteiger partial charge in [0.05, 0.1) is 7.11 Å². The number of methoxy groups -OCH3 is 1. The van der Waals surface area contributed by atoms with Crippen LogP contribution < -0.4 is 0 Å². The number of rotatable bonds is 17. The number of aliphatic hydroxyl groups is 2. The molecule has 0 aromatic rings. The van der Waals surface area contributed by atoms with Gasteiger partial charge in [0, 0.05) is 6.42 Å². The number of esters is 1. The first kappa shape index (κ1) is 22.4. The van der Waals surface area contributed by atoms with E-state index >= 15 is 0 Å². The summed E-state index contributed by atoms with van der Waals surface area (Å²) in [5.41, 5.74) is 0. The van der Waals surface area contributed by atoms with Crippen LogP contribution in [0.2, 0.25) is 0 Å². The first-order valence-corrected chi connectivity index (χ1v) is 9.59. The highest BCUT2D eigenvalue weighted by atomic mass is 16.5. The van der Waals surface area contributed by atoms with Crippen molar-refractivity contribution in [3.8, 4) is 0 Å². The lowest BCUT2D eigenvalue weighted by Crippen LogP contribution is -2.02. The number of hydrogen-bond acceptors (Lipinski definition) is 4. The second-order valence-corrected chi connectivity index (χ2v) is 6.55. The van der Waals surface area contributed by atoms with Crippen molar-refractivity contribution >= 4 is 5.97 Å². The Morgan fingerprint density at radius 1 is 0.696 bits per heavy atom. The lowest BCUT2D eigenvalue weighted by molar-refractivity contribution is -0.140. The first-order valence-electron chi connectivity index (χ1n) is 9.59. The third-order valence-corrected chi connectivity index (χ3v) is 4.32. The fraction of sp³-hybridized carbons (Fsp3) is 0.947. The van der Waals surface area contributed by atoms with Gasteiger partial charge in [-0.05, 0) is 19.3 Å². The van der Waals surface area contributed by atoms with E-state index in [1.807, 2.05) is 0 Å². The van der Waals surface area contributed by atoms with Gasteiger partial charge in [-0.1, -0.05) is 77.0 Å². The second kappa shape index (κ2) is 17.7. The number of aliphatic hydroxyl groups excluding tert-OH is 1. The summed E-state index contributed by atoms with van der Waals surface area (Å²) in [4.78, 5) is 10.9. The summed E-state index contributed by atoms with van der Waals surface area (Å²) < 4.78 is 4.62. The van der Waals surface area contributed by atoms with Gasteiger partial charge < -0.3 is 14.9 Å². The lowest BCUT2D eigenvalue weighted by atomic mass is 10.0. The van der Waals surface area contributed by atoms with Gasteiger partial charge in [-0.2, -0.15) is 0 Å². The van der Waals surface area contributed by atoms with Gasteiger partial charge in [0.25, 0.3) is 0 Å². The summed E-state index contributed by atoms with van der Waals surface area (Å²) in [7, 11) is 1.45. The van der Waals surface area contributed by atoms with E-state index in [0.29, 0.717) is 12.8 Å². The van der Waals surface area contributed by atoms with Crippen LogP contribution in [0.3, 0.4) is 0 Å². The molecule has 0 atom stereocenters. The minimum absolute atomic E-state index is 0.0870. The quantitative estimate of drug-likeness (QED) is 0.230. The molecular formula is C19H38O4. The first-order chi connectivity index (χ1) is 11.2. The molecule has 2 N–H and O–H groups in total. The normalized spacial score (nSPS) is 11.1. The van der Waals surface area contributed by atoms with Crippen LogP contribution in [-0.4, -0.2) is 29.6 Å². The molecular weight excluding hydrogens is 292 g/mol. The molecule has 0 rings (SSSR count). The van der Waals surface area contributed by atoms with Crippen LogP contribution in [-0.2, 0) is 9.53 Å². The molecule has 0 aliphatic carbocycles. The van der Waals surface area contributed by atoms with Gasteiger partial charge in [-0.25, -0.2) is 0 Å². The van der Waals surface area contributed by atoms with Gasteiger partial charge in [0.2, 0.25) is 0 Å². The van der Waals surface area contributed by atoms with Crippen molar-refractivity contribution in [3.63, 3.8) is 0 Å². The van der Waals surface area contributed by atoms with Crippen LogP contribution in [0, 0.1) is 0 Å². The molecule has 4 heteroatoms. The Kier molecular flexibility index (Phi) is 17.3. The molecule has 0 aliphatic heterocycles. The monoisotopic (exact) mass is 330 g/mol. The number of carbonyl (C=O) groups excluding carboxylic acids is 1. The van der Waals surface area contributed by atoms with Gasteiger partial charge in [0.15, 0.2) is 6.29 Å². The highest BCUT2D eigenvalue weighted by Crippen LogP contribution is 2.14. The van der Waals surface area contributed by atoms with E-state index in [0.717, 1.165) is 25.7 Å². The average Bonchev–Trinajstić information content (AvgIpc) is 2.53. The SMILES string of the molecule is COC(=O)CCCCCCCCCCCCCCCCC(O)O.